The molecule has 1 aromatic rings. The average molecular weight is 306 g/mol. The summed E-state index contributed by atoms with van der Waals surface area (Å²) in [4.78, 5) is 21.9. The Hall–Kier alpha value is -2.37. The lowest BCUT2D eigenvalue weighted by Crippen LogP contribution is -2.32. The van der Waals surface area contributed by atoms with Crippen LogP contribution in [0.3, 0.4) is 0 Å². The van der Waals surface area contributed by atoms with Gasteiger partial charge < -0.3 is 10.1 Å². The number of rotatable bonds is 5. The molecule has 1 aromatic carbocycles. The summed E-state index contributed by atoms with van der Waals surface area (Å²) >= 11 is 0. The number of carbonyl (C=O) groups excluding carboxylic acids is 1. The van der Waals surface area contributed by atoms with Crippen LogP contribution in [-0.4, -0.2) is 23.2 Å². The highest BCUT2D eigenvalue weighted by Crippen LogP contribution is 2.20. The lowest BCUT2D eigenvalue weighted by atomic mass is 10.1. The van der Waals surface area contributed by atoms with Crippen molar-refractivity contribution in [3.05, 3.63) is 45.5 Å². The summed E-state index contributed by atoms with van der Waals surface area (Å²) in [5.41, 5.74) is 0.984. The third-order valence-corrected chi connectivity index (χ3v) is 2.72. The number of alkyl carbamates (subject to hydrolysis) is 1. The number of nitrogens with one attached hydrogen (secondary N) is 1. The van der Waals surface area contributed by atoms with Crippen molar-refractivity contribution < 1.29 is 14.5 Å². The van der Waals surface area contributed by atoms with E-state index in [0.29, 0.717) is 18.5 Å². The molecule has 0 spiro atoms. The zero-order valence-electron chi connectivity index (χ0n) is 13.4. The molecule has 0 aliphatic rings. The molecule has 6 nitrogen and oxygen atoms in total. The van der Waals surface area contributed by atoms with Crippen LogP contribution in [0.4, 0.5) is 10.5 Å². The van der Waals surface area contributed by atoms with Crippen molar-refractivity contribution in [1.29, 1.82) is 0 Å². The van der Waals surface area contributed by atoms with Gasteiger partial charge in [0.15, 0.2) is 0 Å². The van der Waals surface area contributed by atoms with Crippen molar-refractivity contribution in [3.8, 4) is 0 Å². The molecule has 0 fully saturated rings. The number of hydrogen-bond acceptors (Lipinski definition) is 4. The van der Waals surface area contributed by atoms with Crippen molar-refractivity contribution in [3.63, 3.8) is 0 Å². The van der Waals surface area contributed by atoms with Crippen LogP contribution in [0.5, 0.6) is 0 Å². The predicted molar refractivity (Wildman–Crippen MR) is 85.7 cm³/mol. The first-order valence-corrected chi connectivity index (χ1v) is 7.07. The monoisotopic (exact) mass is 306 g/mol. The molecule has 0 unspecified atom stereocenters. The Morgan fingerprint density at radius 2 is 2.09 bits per heavy atom. The van der Waals surface area contributed by atoms with E-state index in [0.717, 1.165) is 5.56 Å². The molecule has 0 aliphatic heterocycles. The minimum absolute atomic E-state index is 0.106. The lowest BCUT2D eigenvalue weighted by Gasteiger charge is -2.19. The summed E-state index contributed by atoms with van der Waals surface area (Å²) in [7, 11) is 0. The first-order valence-electron chi connectivity index (χ1n) is 7.07. The normalized spacial score (nSPS) is 11.5. The Labute approximate surface area is 130 Å². The van der Waals surface area contributed by atoms with Gasteiger partial charge in [0.25, 0.3) is 5.69 Å². The fraction of sp³-hybridized carbons (Fsp3) is 0.438. The van der Waals surface area contributed by atoms with Gasteiger partial charge in [0.2, 0.25) is 0 Å². The van der Waals surface area contributed by atoms with E-state index in [1.165, 1.54) is 6.07 Å². The Balaban J connectivity index is 2.45. The number of amides is 1. The van der Waals surface area contributed by atoms with E-state index in [4.69, 9.17) is 4.74 Å². The van der Waals surface area contributed by atoms with E-state index >= 15 is 0 Å². The molecule has 1 rings (SSSR count). The van der Waals surface area contributed by atoms with E-state index < -0.39 is 16.6 Å². The number of hydrogen-bond donors (Lipinski definition) is 1. The van der Waals surface area contributed by atoms with Crippen LogP contribution in [0.25, 0.3) is 6.08 Å². The highest BCUT2D eigenvalue weighted by molar-refractivity contribution is 5.67. The summed E-state index contributed by atoms with van der Waals surface area (Å²) in [6.45, 7) is 7.56. The first-order chi connectivity index (χ1) is 10.2. The maximum atomic E-state index is 11.4. The zero-order valence-corrected chi connectivity index (χ0v) is 13.4. The van der Waals surface area contributed by atoms with Gasteiger partial charge in [-0.2, -0.15) is 0 Å². The van der Waals surface area contributed by atoms with Crippen molar-refractivity contribution in [1.82, 2.24) is 5.32 Å². The van der Waals surface area contributed by atoms with Gasteiger partial charge in [-0.1, -0.05) is 24.3 Å². The molecule has 0 aromatic heterocycles. The summed E-state index contributed by atoms with van der Waals surface area (Å²) in [5.74, 6) is 0. The zero-order chi connectivity index (χ0) is 16.8. The van der Waals surface area contributed by atoms with Crippen LogP contribution in [0, 0.1) is 17.0 Å². The number of nitro groups is 1. The predicted octanol–water partition coefficient (Wildman–Crippen LogP) is 3.83. The standard InChI is InChI=1S/C16H22N2O4/c1-12-8-9-13(11-14(12)18(20)21)7-5-6-10-17-15(19)22-16(2,3)4/h5,7-9,11H,6,10H2,1-4H3,(H,17,19). The molecule has 6 heteroatoms. The summed E-state index contributed by atoms with van der Waals surface area (Å²) in [6.07, 6.45) is 3.81. The lowest BCUT2D eigenvalue weighted by molar-refractivity contribution is -0.385. The quantitative estimate of drug-likeness (QED) is 0.509. The second-order valence-electron chi connectivity index (χ2n) is 5.92. The Kier molecular flexibility index (Phi) is 6.10. The van der Waals surface area contributed by atoms with E-state index in [-0.39, 0.29) is 5.69 Å². The minimum atomic E-state index is -0.513. The van der Waals surface area contributed by atoms with Crippen LogP contribution >= 0.6 is 0 Å². The van der Waals surface area contributed by atoms with Crippen molar-refractivity contribution in [2.45, 2.75) is 39.7 Å². The highest BCUT2D eigenvalue weighted by Gasteiger charge is 2.15. The van der Waals surface area contributed by atoms with Crippen LogP contribution in [0.1, 0.15) is 38.3 Å². The Morgan fingerprint density at radius 3 is 2.68 bits per heavy atom. The van der Waals surface area contributed by atoms with Crippen LogP contribution in [0.15, 0.2) is 24.3 Å². The van der Waals surface area contributed by atoms with E-state index in [2.05, 4.69) is 5.32 Å². The van der Waals surface area contributed by atoms with Crippen LogP contribution in [-0.2, 0) is 4.74 Å². The summed E-state index contributed by atoms with van der Waals surface area (Å²) in [5, 5.41) is 13.5. The molecule has 1 N–H and O–H groups in total. The van der Waals surface area contributed by atoms with Gasteiger partial charge in [-0.15, -0.1) is 0 Å². The van der Waals surface area contributed by atoms with Gasteiger partial charge in [-0.05, 0) is 39.7 Å². The fourth-order valence-electron chi connectivity index (χ4n) is 1.72. The average Bonchev–Trinajstić information content (AvgIpc) is 2.37. The Morgan fingerprint density at radius 1 is 1.41 bits per heavy atom. The largest absolute Gasteiger partial charge is 0.444 e. The van der Waals surface area contributed by atoms with Crippen molar-refractivity contribution in [2.75, 3.05) is 6.54 Å². The smallest absolute Gasteiger partial charge is 0.407 e. The molecular formula is C16H22N2O4. The molecule has 0 heterocycles. The molecule has 120 valence electrons. The second-order valence-corrected chi connectivity index (χ2v) is 5.92. The van der Waals surface area contributed by atoms with Gasteiger partial charge in [0.05, 0.1) is 4.92 Å². The topological polar surface area (TPSA) is 81.5 Å². The molecule has 0 aliphatic carbocycles. The third kappa shape index (κ3) is 6.39. The molecule has 1 amide bonds. The summed E-state index contributed by atoms with van der Waals surface area (Å²) in [6, 6.07) is 5.07. The van der Waals surface area contributed by atoms with E-state index in [1.54, 1.807) is 39.8 Å². The van der Waals surface area contributed by atoms with Gasteiger partial charge in [0, 0.05) is 18.2 Å². The van der Waals surface area contributed by atoms with Gasteiger partial charge in [-0.3, -0.25) is 10.1 Å². The van der Waals surface area contributed by atoms with Crippen LogP contribution < -0.4 is 5.32 Å². The Bertz CT molecular complexity index is 574. The molecule has 0 saturated heterocycles. The minimum Gasteiger partial charge on any atom is -0.444 e. The molecular weight excluding hydrogens is 284 g/mol. The highest BCUT2D eigenvalue weighted by atomic mass is 16.6. The van der Waals surface area contributed by atoms with E-state index in [9.17, 15) is 14.9 Å². The number of carbonyl (C=O) groups is 1. The number of nitro benzene ring substituents is 1. The molecule has 0 bridgehead atoms. The first kappa shape index (κ1) is 17.7. The summed E-state index contributed by atoms with van der Waals surface area (Å²) < 4.78 is 5.11. The van der Waals surface area contributed by atoms with Crippen molar-refractivity contribution >= 4 is 17.9 Å². The number of ether oxygens (including phenoxy) is 1. The maximum absolute atomic E-state index is 11.4. The molecule has 22 heavy (non-hydrogen) atoms. The number of aryl methyl sites for hydroxylation is 1. The molecule has 0 radical (unpaired) electrons. The maximum Gasteiger partial charge on any atom is 0.407 e. The third-order valence-electron chi connectivity index (χ3n) is 2.72. The van der Waals surface area contributed by atoms with Gasteiger partial charge in [-0.25, -0.2) is 4.79 Å². The van der Waals surface area contributed by atoms with Crippen molar-refractivity contribution in [2.24, 2.45) is 0 Å². The van der Waals surface area contributed by atoms with Gasteiger partial charge in [0.1, 0.15) is 5.60 Å². The van der Waals surface area contributed by atoms with E-state index in [1.807, 2.05) is 12.1 Å². The van der Waals surface area contributed by atoms with Gasteiger partial charge >= 0.3 is 6.09 Å². The molecule has 0 saturated carbocycles. The number of nitrogens with zero attached hydrogens (tertiary/aromatic N) is 1. The number of benzene rings is 1. The second kappa shape index (κ2) is 7.59. The fourth-order valence-corrected chi connectivity index (χ4v) is 1.72. The molecule has 0 atom stereocenters. The van der Waals surface area contributed by atoms with Crippen LogP contribution in [0.2, 0.25) is 0 Å². The SMILES string of the molecule is Cc1ccc(C=CCCNC(=O)OC(C)(C)C)cc1[N+](=O)[O-].